The molecule has 0 radical (unpaired) electrons. The lowest BCUT2D eigenvalue weighted by atomic mass is 10.0. The van der Waals surface area contributed by atoms with Gasteiger partial charge >= 0.3 is 0 Å². The highest BCUT2D eigenvalue weighted by atomic mass is 16.5. The van der Waals surface area contributed by atoms with E-state index in [9.17, 15) is 9.59 Å². The molecule has 0 unspecified atom stereocenters. The fraction of sp³-hybridized carbons (Fsp3) is 0.273. The second-order valence-corrected chi connectivity index (χ2v) is 6.98. The first-order valence-corrected chi connectivity index (χ1v) is 9.76. The van der Waals surface area contributed by atoms with Gasteiger partial charge in [-0.25, -0.2) is 9.97 Å². The molecule has 4 rings (SSSR count). The third-order valence-corrected chi connectivity index (χ3v) is 5.26. The van der Waals surface area contributed by atoms with E-state index in [0.29, 0.717) is 54.7 Å². The molecule has 0 atom stereocenters. The zero-order chi connectivity index (χ0) is 21.1. The van der Waals surface area contributed by atoms with Crippen LogP contribution in [0.15, 0.2) is 61.1 Å². The predicted octanol–water partition coefficient (Wildman–Crippen LogP) is 1.57. The van der Waals surface area contributed by atoms with Gasteiger partial charge in [-0.2, -0.15) is 0 Å². The number of piperazine rings is 1. The molecule has 0 aliphatic carbocycles. The normalized spacial score (nSPS) is 17.0. The molecule has 0 saturated carbocycles. The van der Waals surface area contributed by atoms with E-state index >= 15 is 0 Å². The average Bonchev–Trinajstić information content (AvgIpc) is 3.05. The van der Waals surface area contributed by atoms with Crippen molar-refractivity contribution in [3.63, 3.8) is 0 Å². The average molecular weight is 405 g/mol. The Morgan fingerprint density at radius 2 is 1.63 bits per heavy atom. The quantitative estimate of drug-likeness (QED) is 0.533. The Morgan fingerprint density at radius 3 is 2.23 bits per heavy atom. The summed E-state index contributed by atoms with van der Waals surface area (Å²) in [5.41, 5.74) is 1.57. The first-order chi connectivity index (χ1) is 14.6. The number of carbonyl (C=O) groups excluding carboxylic acids is 2. The molecule has 0 N–H and O–H groups in total. The molecule has 1 aromatic carbocycles. The maximum atomic E-state index is 13.2. The highest BCUT2D eigenvalue weighted by Gasteiger charge is 2.41. The molecular weight excluding hydrogens is 382 g/mol. The molecule has 2 aromatic rings. The van der Waals surface area contributed by atoms with Crippen molar-refractivity contribution >= 4 is 23.3 Å². The molecular formula is C22H23N5O3. The summed E-state index contributed by atoms with van der Waals surface area (Å²) in [5, 5.41) is 0. The van der Waals surface area contributed by atoms with E-state index < -0.39 is 0 Å². The molecule has 1 aromatic heterocycles. The summed E-state index contributed by atoms with van der Waals surface area (Å²) in [6.45, 7) is 6.36. The number of ether oxygens (including phenoxy) is 1. The van der Waals surface area contributed by atoms with Crippen LogP contribution < -0.4 is 9.64 Å². The Balaban J connectivity index is 1.64. The van der Waals surface area contributed by atoms with Gasteiger partial charge in [-0.05, 0) is 23.8 Å². The van der Waals surface area contributed by atoms with Gasteiger partial charge in [0.1, 0.15) is 11.4 Å². The van der Waals surface area contributed by atoms with E-state index in [1.54, 1.807) is 43.8 Å². The van der Waals surface area contributed by atoms with Crippen LogP contribution in [-0.4, -0.2) is 71.4 Å². The molecule has 1 fully saturated rings. The Bertz CT molecular complexity index is 980. The number of anilines is 1. The largest absolute Gasteiger partial charge is 0.497 e. The van der Waals surface area contributed by atoms with E-state index in [1.165, 1.54) is 4.90 Å². The number of benzene rings is 1. The number of carbonyl (C=O) groups is 2. The fourth-order valence-corrected chi connectivity index (χ4v) is 3.75. The first kappa shape index (κ1) is 19.6. The number of hydrogen-bond donors (Lipinski definition) is 0. The van der Waals surface area contributed by atoms with Crippen LogP contribution in [0.1, 0.15) is 5.56 Å². The standard InChI is InChI=1S/C22H23N5O3/c1-3-11-27-20(28)18(16-5-7-17(30-2)8-6-16)19(21(27)29)25-12-14-26(15-13-25)22-23-9-4-10-24-22/h3-10H,1,11-15H2,2H3. The highest BCUT2D eigenvalue weighted by Crippen LogP contribution is 2.33. The lowest BCUT2D eigenvalue weighted by Crippen LogP contribution is -2.48. The monoisotopic (exact) mass is 405 g/mol. The zero-order valence-electron chi connectivity index (χ0n) is 16.8. The van der Waals surface area contributed by atoms with Gasteiger partial charge in [-0.3, -0.25) is 14.5 Å². The van der Waals surface area contributed by atoms with Crippen LogP contribution in [0.3, 0.4) is 0 Å². The summed E-state index contributed by atoms with van der Waals surface area (Å²) in [6.07, 6.45) is 4.99. The van der Waals surface area contributed by atoms with Crippen molar-refractivity contribution in [1.29, 1.82) is 0 Å². The van der Waals surface area contributed by atoms with Gasteiger partial charge in [-0.1, -0.05) is 18.2 Å². The summed E-state index contributed by atoms with van der Waals surface area (Å²) in [6, 6.07) is 8.98. The molecule has 154 valence electrons. The molecule has 0 spiro atoms. The molecule has 30 heavy (non-hydrogen) atoms. The van der Waals surface area contributed by atoms with Crippen LogP contribution in [0, 0.1) is 0 Å². The minimum atomic E-state index is -0.297. The van der Waals surface area contributed by atoms with Crippen LogP contribution >= 0.6 is 0 Å². The Hall–Kier alpha value is -3.68. The van der Waals surface area contributed by atoms with Crippen LogP contribution in [0.25, 0.3) is 5.57 Å². The van der Waals surface area contributed by atoms with E-state index in [2.05, 4.69) is 21.4 Å². The van der Waals surface area contributed by atoms with Crippen molar-refractivity contribution in [3.05, 3.63) is 66.6 Å². The lowest BCUT2D eigenvalue weighted by molar-refractivity contribution is -0.136. The van der Waals surface area contributed by atoms with Gasteiger partial charge in [0.15, 0.2) is 0 Å². The van der Waals surface area contributed by atoms with Crippen molar-refractivity contribution < 1.29 is 14.3 Å². The van der Waals surface area contributed by atoms with Crippen molar-refractivity contribution in [2.45, 2.75) is 0 Å². The molecule has 2 amide bonds. The second-order valence-electron chi connectivity index (χ2n) is 6.98. The molecule has 8 heteroatoms. The van der Waals surface area contributed by atoms with Gasteiger partial charge < -0.3 is 14.5 Å². The van der Waals surface area contributed by atoms with Gasteiger partial charge in [-0.15, -0.1) is 6.58 Å². The smallest absolute Gasteiger partial charge is 0.278 e. The zero-order valence-corrected chi connectivity index (χ0v) is 16.8. The van der Waals surface area contributed by atoms with Crippen molar-refractivity contribution in [2.75, 3.05) is 44.7 Å². The number of hydrogen-bond acceptors (Lipinski definition) is 7. The van der Waals surface area contributed by atoms with Crippen molar-refractivity contribution in [2.24, 2.45) is 0 Å². The van der Waals surface area contributed by atoms with Crippen LogP contribution in [0.5, 0.6) is 5.75 Å². The van der Waals surface area contributed by atoms with Gasteiger partial charge in [0.25, 0.3) is 11.8 Å². The number of imide groups is 1. The highest BCUT2D eigenvalue weighted by molar-refractivity contribution is 6.35. The maximum Gasteiger partial charge on any atom is 0.278 e. The number of nitrogens with zero attached hydrogens (tertiary/aromatic N) is 5. The van der Waals surface area contributed by atoms with Crippen LogP contribution in [0.4, 0.5) is 5.95 Å². The second kappa shape index (κ2) is 8.36. The minimum Gasteiger partial charge on any atom is -0.497 e. The molecule has 2 aliphatic rings. The molecule has 8 nitrogen and oxygen atoms in total. The van der Waals surface area contributed by atoms with Gasteiger partial charge in [0.2, 0.25) is 5.95 Å². The molecule has 3 heterocycles. The maximum absolute atomic E-state index is 13.2. The molecule has 0 bridgehead atoms. The Labute approximate surface area is 175 Å². The minimum absolute atomic E-state index is 0.179. The number of rotatable bonds is 6. The summed E-state index contributed by atoms with van der Waals surface area (Å²) in [7, 11) is 1.59. The van der Waals surface area contributed by atoms with E-state index in [-0.39, 0.29) is 18.4 Å². The summed E-state index contributed by atoms with van der Waals surface area (Å²) >= 11 is 0. The van der Waals surface area contributed by atoms with Crippen molar-refractivity contribution in [3.8, 4) is 5.75 Å². The molecule has 1 saturated heterocycles. The number of aromatic nitrogens is 2. The summed E-state index contributed by atoms with van der Waals surface area (Å²) in [4.78, 5) is 40.2. The summed E-state index contributed by atoms with van der Waals surface area (Å²) in [5.74, 6) is 0.782. The van der Waals surface area contributed by atoms with E-state index in [4.69, 9.17) is 4.74 Å². The number of methoxy groups -OCH3 is 1. The predicted molar refractivity (Wildman–Crippen MR) is 113 cm³/mol. The van der Waals surface area contributed by atoms with Gasteiger partial charge in [0, 0.05) is 45.1 Å². The number of amides is 2. The fourth-order valence-electron chi connectivity index (χ4n) is 3.75. The molecule has 2 aliphatic heterocycles. The SMILES string of the molecule is C=CCN1C(=O)C(c2ccc(OC)cc2)=C(N2CCN(c3ncccn3)CC2)C1=O. The Kier molecular flexibility index (Phi) is 5.47. The first-order valence-electron chi connectivity index (χ1n) is 9.76. The van der Waals surface area contributed by atoms with Crippen molar-refractivity contribution in [1.82, 2.24) is 19.8 Å². The van der Waals surface area contributed by atoms with Crippen LogP contribution in [-0.2, 0) is 9.59 Å². The topological polar surface area (TPSA) is 78.9 Å². The summed E-state index contributed by atoms with van der Waals surface area (Å²) < 4.78 is 5.22. The van der Waals surface area contributed by atoms with Crippen LogP contribution in [0.2, 0.25) is 0 Å². The van der Waals surface area contributed by atoms with E-state index in [1.807, 2.05) is 17.0 Å². The Morgan fingerprint density at radius 1 is 1.00 bits per heavy atom. The third kappa shape index (κ3) is 3.52. The van der Waals surface area contributed by atoms with Gasteiger partial charge in [0.05, 0.1) is 12.7 Å². The third-order valence-electron chi connectivity index (χ3n) is 5.26. The van der Waals surface area contributed by atoms with E-state index in [0.717, 1.165) is 0 Å². The lowest BCUT2D eigenvalue weighted by Gasteiger charge is -2.36.